The summed E-state index contributed by atoms with van der Waals surface area (Å²) in [7, 11) is 3.03. The molecule has 1 aromatic rings. The third-order valence-electron chi connectivity index (χ3n) is 3.37. The Morgan fingerprint density at radius 3 is 2.64 bits per heavy atom. The highest BCUT2D eigenvalue weighted by molar-refractivity contribution is 6.32. The Bertz CT molecular complexity index is 763. The molecule has 2 N–H and O–H groups in total. The predicted molar refractivity (Wildman–Crippen MR) is 109 cm³/mol. The first-order valence-corrected chi connectivity index (χ1v) is 8.71. The molecule has 0 aliphatic heterocycles. The molecule has 1 amide bonds. The van der Waals surface area contributed by atoms with E-state index in [1.807, 2.05) is 45.0 Å². The summed E-state index contributed by atoms with van der Waals surface area (Å²) in [6, 6.07) is 7.38. The summed E-state index contributed by atoms with van der Waals surface area (Å²) < 4.78 is 0. The van der Waals surface area contributed by atoms with Crippen molar-refractivity contribution in [3.63, 3.8) is 0 Å². The number of para-hydroxylation sites is 1. The maximum atomic E-state index is 12.1. The second-order valence-corrected chi connectivity index (χ2v) is 5.85. The van der Waals surface area contributed by atoms with E-state index in [0.29, 0.717) is 23.7 Å². The normalized spacial score (nSPS) is 10.2. The number of rotatable bonds is 11. The number of benzene rings is 1. The predicted octanol–water partition coefficient (Wildman–Crippen LogP) is 2.81. The molecule has 0 aromatic heterocycles. The minimum Gasteiger partial charge on any atom is -0.399 e. The number of anilines is 1. The minimum atomic E-state index is -0.318. The van der Waals surface area contributed by atoms with E-state index in [2.05, 4.69) is 33.3 Å². The van der Waals surface area contributed by atoms with Crippen LogP contribution in [-0.2, 0) is 25.9 Å². The molecule has 0 unspecified atom stereocenters. The van der Waals surface area contributed by atoms with Crippen LogP contribution in [0.4, 0.5) is 5.69 Å². The van der Waals surface area contributed by atoms with Crippen molar-refractivity contribution in [1.82, 2.24) is 11.0 Å². The van der Waals surface area contributed by atoms with Gasteiger partial charge < -0.3 is 9.74 Å². The number of hydrogen-bond acceptors (Lipinski definition) is 7. The van der Waals surface area contributed by atoms with Crippen LogP contribution in [0.2, 0.25) is 0 Å². The summed E-state index contributed by atoms with van der Waals surface area (Å²) in [5.74, 6) is -0.318. The molecule has 0 fully saturated rings. The number of oxime groups is 1. The molecule has 1 rings (SSSR count). The van der Waals surface area contributed by atoms with Gasteiger partial charge in [0.25, 0.3) is 5.91 Å². The number of nitrogens with zero attached hydrogens (tertiary/aromatic N) is 2. The Morgan fingerprint density at radius 2 is 2.00 bits per heavy atom. The van der Waals surface area contributed by atoms with Crippen molar-refractivity contribution < 1.29 is 19.3 Å². The van der Waals surface area contributed by atoms with Gasteiger partial charge >= 0.3 is 0 Å². The topological polar surface area (TPSA) is 84.4 Å². The largest absolute Gasteiger partial charge is 0.399 e. The van der Waals surface area contributed by atoms with Crippen molar-refractivity contribution in [2.75, 3.05) is 25.7 Å². The third-order valence-corrected chi connectivity index (χ3v) is 3.37. The molecule has 0 spiro atoms. The maximum Gasteiger partial charge on any atom is 0.272 e. The van der Waals surface area contributed by atoms with Gasteiger partial charge in [0.1, 0.15) is 25.6 Å². The Labute approximate surface area is 166 Å². The fourth-order valence-corrected chi connectivity index (χ4v) is 2.07. The van der Waals surface area contributed by atoms with Crippen molar-refractivity contribution >= 4 is 17.8 Å². The molecule has 8 heteroatoms. The van der Waals surface area contributed by atoms with Crippen molar-refractivity contribution in [1.29, 1.82) is 0 Å². The summed E-state index contributed by atoms with van der Waals surface area (Å²) in [4.78, 5) is 28.9. The van der Waals surface area contributed by atoms with Crippen molar-refractivity contribution in [2.24, 2.45) is 5.16 Å². The molecule has 0 bridgehead atoms. The second-order valence-electron chi connectivity index (χ2n) is 5.85. The van der Waals surface area contributed by atoms with Gasteiger partial charge in [-0.15, -0.1) is 0 Å². The Hall–Kier alpha value is -3.06. The molecule has 0 saturated carbocycles. The van der Waals surface area contributed by atoms with Gasteiger partial charge in [0.05, 0.1) is 12.3 Å². The first-order valence-electron chi connectivity index (χ1n) is 8.71. The van der Waals surface area contributed by atoms with E-state index in [1.54, 1.807) is 7.05 Å². The highest BCUT2D eigenvalue weighted by Crippen LogP contribution is 2.20. The van der Waals surface area contributed by atoms with Crippen LogP contribution in [0.3, 0.4) is 0 Å². The Balaban J connectivity index is 2.80. The number of amides is 1. The van der Waals surface area contributed by atoms with Gasteiger partial charge in [-0.25, -0.2) is 0 Å². The van der Waals surface area contributed by atoms with Crippen LogP contribution < -0.4 is 15.9 Å². The zero-order chi connectivity index (χ0) is 20.9. The summed E-state index contributed by atoms with van der Waals surface area (Å²) in [5.41, 5.74) is 12.1. The number of carbonyl (C=O) groups is 1. The van der Waals surface area contributed by atoms with Gasteiger partial charge in [-0.2, -0.15) is 0 Å². The average Bonchev–Trinajstić information content (AvgIpc) is 2.68. The van der Waals surface area contributed by atoms with Crippen molar-refractivity contribution in [2.45, 2.75) is 27.4 Å². The fourth-order valence-electron chi connectivity index (χ4n) is 2.07. The molecular weight excluding hydrogens is 360 g/mol. The average molecular weight is 388 g/mol. The van der Waals surface area contributed by atoms with E-state index in [1.165, 1.54) is 12.0 Å². The smallest absolute Gasteiger partial charge is 0.272 e. The van der Waals surface area contributed by atoms with Crippen LogP contribution in [-0.4, -0.2) is 32.9 Å². The molecule has 0 heterocycles. The van der Waals surface area contributed by atoms with E-state index in [9.17, 15) is 4.79 Å². The van der Waals surface area contributed by atoms with Crippen LogP contribution in [0.15, 0.2) is 58.7 Å². The first kappa shape index (κ1) is 23.0. The standard InChI is InChI=1S/C20H28N4O4/c1-7-27-23-18(12-15(2)3)16(4)22-28-14-17-10-8-9-11-19(17)24(5)20(25)13-21-26-6/h8-11,13,22-23H,4,7,14H2,1-3,5-6H3. The molecule has 0 aliphatic carbocycles. The third kappa shape index (κ3) is 7.67. The lowest BCUT2D eigenvalue weighted by Gasteiger charge is -2.19. The van der Waals surface area contributed by atoms with Crippen molar-refractivity contribution in [3.05, 3.63) is 59.1 Å². The lowest BCUT2D eigenvalue weighted by Crippen LogP contribution is -2.28. The van der Waals surface area contributed by atoms with Crippen LogP contribution >= 0.6 is 0 Å². The first-order chi connectivity index (χ1) is 13.4. The minimum absolute atomic E-state index is 0.199. The number of hydrogen-bond donors (Lipinski definition) is 2. The van der Waals surface area contributed by atoms with Crippen LogP contribution in [0, 0.1) is 0 Å². The second kappa shape index (κ2) is 12.3. The van der Waals surface area contributed by atoms with Crippen molar-refractivity contribution in [3.8, 4) is 0 Å². The molecule has 8 nitrogen and oxygen atoms in total. The fraction of sp³-hybridized carbons (Fsp3) is 0.350. The molecular formula is C20H28N4O4. The van der Waals surface area contributed by atoms with Gasteiger partial charge in [-0.05, 0) is 32.4 Å². The van der Waals surface area contributed by atoms with E-state index < -0.39 is 0 Å². The maximum absolute atomic E-state index is 12.1. The van der Waals surface area contributed by atoms with Crippen LogP contribution in [0.25, 0.3) is 0 Å². The lowest BCUT2D eigenvalue weighted by molar-refractivity contribution is -0.112. The molecule has 0 aliphatic rings. The van der Waals surface area contributed by atoms with Gasteiger partial charge in [-0.1, -0.05) is 35.7 Å². The summed E-state index contributed by atoms with van der Waals surface area (Å²) in [6.45, 7) is 10.3. The van der Waals surface area contributed by atoms with Gasteiger partial charge in [0, 0.05) is 18.3 Å². The molecule has 0 radical (unpaired) electrons. The SMILES string of the molecule is C=C(NOCc1ccccc1N(C)C(=O)C=NOC)C(=C=C(C)C)NOCC. The quantitative estimate of drug-likeness (QED) is 0.262. The molecule has 0 atom stereocenters. The Kier molecular flexibility index (Phi) is 10.1. The highest BCUT2D eigenvalue weighted by Gasteiger charge is 2.13. The zero-order valence-electron chi connectivity index (χ0n) is 17.0. The number of nitrogens with one attached hydrogen (secondary N) is 2. The summed E-state index contributed by atoms with van der Waals surface area (Å²) in [6.07, 6.45) is 1.10. The summed E-state index contributed by atoms with van der Waals surface area (Å²) >= 11 is 0. The highest BCUT2D eigenvalue weighted by atomic mass is 16.7. The molecule has 1 aromatic carbocycles. The Morgan fingerprint density at radius 1 is 1.29 bits per heavy atom. The molecule has 28 heavy (non-hydrogen) atoms. The van der Waals surface area contributed by atoms with E-state index >= 15 is 0 Å². The zero-order valence-corrected chi connectivity index (χ0v) is 17.0. The molecule has 152 valence electrons. The van der Waals surface area contributed by atoms with E-state index in [0.717, 1.165) is 17.4 Å². The van der Waals surface area contributed by atoms with Gasteiger partial charge in [0.2, 0.25) is 0 Å². The van der Waals surface area contributed by atoms with Crippen LogP contribution in [0.5, 0.6) is 0 Å². The van der Waals surface area contributed by atoms with E-state index in [4.69, 9.17) is 9.68 Å². The van der Waals surface area contributed by atoms with E-state index in [-0.39, 0.29) is 12.5 Å². The lowest BCUT2D eigenvalue weighted by atomic mass is 10.1. The van der Waals surface area contributed by atoms with Gasteiger partial charge in [-0.3, -0.25) is 25.4 Å². The van der Waals surface area contributed by atoms with Gasteiger partial charge in [0.15, 0.2) is 0 Å². The number of carbonyl (C=O) groups excluding carboxylic acids is 1. The van der Waals surface area contributed by atoms with Crippen LogP contribution in [0.1, 0.15) is 26.3 Å². The summed E-state index contributed by atoms with van der Waals surface area (Å²) in [5, 5.41) is 3.50. The number of hydroxylamine groups is 2. The monoisotopic (exact) mass is 388 g/mol. The molecule has 0 saturated heterocycles.